The molecule has 4 nitrogen and oxygen atoms in total. The molecule has 2 atom stereocenters. The van der Waals surface area contributed by atoms with Gasteiger partial charge < -0.3 is 17.4 Å². The van der Waals surface area contributed by atoms with Crippen LogP contribution in [-0.2, 0) is 32.4 Å². The minimum atomic E-state index is -0.827. The molecule has 1 aliphatic heterocycles. The van der Waals surface area contributed by atoms with E-state index in [1.807, 2.05) is 74.5 Å². The van der Waals surface area contributed by atoms with E-state index in [2.05, 4.69) is 0 Å². The summed E-state index contributed by atoms with van der Waals surface area (Å²) in [4.78, 5) is 40.6. The number of amides is 1. The van der Waals surface area contributed by atoms with Crippen LogP contribution in [0.25, 0.3) is 0 Å². The number of hydrogen-bond acceptors (Lipinski definition) is 4. The second kappa shape index (κ2) is 9.24. The molecule has 1 saturated heterocycles. The van der Waals surface area contributed by atoms with Gasteiger partial charge in [-0.3, -0.25) is 4.79 Å². The average Bonchev–Trinajstić information content (AvgIpc) is 3.16. The molecule has 32 heavy (non-hydrogen) atoms. The molecule has 1 fully saturated rings. The van der Waals surface area contributed by atoms with Gasteiger partial charge in [-0.2, -0.15) is 0 Å². The number of ketones is 1. The summed E-state index contributed by atoms with van der Waals surface area (Å²) in [7, 11) is 0. The molecule has 0 bridgehead atoms. The van der Waals surface area contributed by atoms with Crippen molar-refractivity contribution in [3.8, 4) is 0 Å². The van der Waals surface area contributed by atoms with Crippen LogP contribution in [0, 0.1) is 5.41 Å². The zero-order chi connectivity index (χ0) is 23.6. The van der Waals surface area contributed by atoms with Crippen LogP contribution >= 0.6 is 0 Å². The van der Waals surface area contributed by atoms with Crippen LogP contribution in [0.2, 0.25) is 0 Å². The van der Waals surface area contributed by atoms with Crippen LogP contribution in [0.3, 0.4) is 0 Å². The molecule has 0 aromatic heterocycles. The Labute approximate surface area is 197 Å². The van der Waals surface area contributed by atoms with Crippen LogP contribution in [0.15, 0.2) is 60.7 Å². The van der Waals surface area contributed by atoms with E-state index >= 15 is 0 Å². The summed E-state index contributed by atoms with van der Waals surface area (Å²) in [6.45, 7) is 8.33. The van der Waals surface area contributed by atoms with Gasteiger partial charge in [-0.15, -0.1) is 0 Å². The van der Waals surface area contributed by atoms with E-state index in [0.717, 1.165) is 11.1 Å². The lowest BCUT2D eigenvalue weighted by molar-refractivity contribution is -0.855. The predicted molar refractivity (Wildman–Crippen MR) is 129 cm³/mol. The molecule has 170 valence electrons. The molecule has 2 aromatic rings. The van der Waals surface area contributed by atoms with Gasteiger partial charge >= 0.3 is 5.91 Å². The topological polar surface area (TPSA) is 51.2 Å². The Balaban J connectivity index is 2.29. The Bertz CT molecular complexity index is 947. The van der Waals surface area contributed by atoms with Crippen LogP contribution < -0.4 is 0 Å². The standard InChI is InChI=1S/C27H33NO3S/c1-5-18-28(24(30)23(29)26(3,4)6-2)19-17-27(22(28)25(31)32,20-13-9-7-10-14-20)21-15-11-8-12-16-21/h7-16,22H,5-6,17-19H2,1-4H3/t22-,28?/m1/s1. The number of hydrogen-bond donors (Lipinski definition) is 0. The summed E-state index contributed by atoms with van der Waals surface area (Å²) in [6.07, 6.45) is 1.79. The second-order valence-corrected chi connectivity index (χ2v) is 9.93. The minimum absolute atomic E-state index is 0.190. The van der Waals surface area contributed by atoms with Gasteiger partial charge in [-0.25, -0.2) is 9.28 Å². The predicted octanol–water partition coefficient (Wildman–Crippen LogP) is 4.58. The van der Waals surface area contributed by atoms with Crippen molar-refractivity contribution < 1.29 is 18.9 Å². The Hall–Kier alpha value is -2.37. The minimum Gasteiger partial charge on any atom is -0.736 e. The SMILES string of the molecule is CCC[N+]1(C(=O)C(=O)C(C)(C)CC)CCC(c2ccccc2)(c2ccccc2)[C@H]1C(=O)[S-]. The highest BCUT2D eigenvalue weighted by molar-refractivity contribution is 7.77. The first-order chi connectivity index (χ1) is 15.2. The molecule has 1 amide bonds. The van der Waals surface area contributed by atoms with Crippen molar-refractivity contribution >= 4 is 29.4 Å². The molecule has 2 aromatic carbocycles. The van der Waals surface area contributed by atoms with Crippen molar-refractivity contribution in [1.82, 2.24) is 0 Å². The third-order valence-corrected chi connectivity index (χ3v) is 7.61. The van der Waals surface area contributed by atoms with Gasteiger partial charge in [0, 0.05) is 11.8 Å². The maximum absolute atomic E-state index is 14.0. The van der Waals surface area contributed by atoms with Gasteiger partial charge in [-0.05, 0) is 24.0 Å². The first-order valence-corrected chi connectivity index (χ1v) is 11.9. The maximum Gasteiger partial charge on any atom is 0.382 e. The smallest absolute Gasteiger partial charge is 0.382 e. The van der Waals surface area contributed by atoms with Crippen molar-refractivity contribution in [1.29, 1.82) is 0 Å². The molecule has 1 heterocycles. The number of carbonyl (C=O) groups is 3. The summed E-state index contributed by atoms with van der Waals surface area (Å²) in [5.74, 6) is -0.887. The zero-order valence-corrected chi connectivity index (χ0v) is 20.3. The van der Waals surface area contributed by atoms with E-state index in [-0.39, 0.29) is 4.48 Å². The van der Waals surface area contributed by atoms with Crippen LogP contribution in [0.4, 0.5) is 0 Å². The number of Topliss-reactive ketones (excluding diaryl/α,β-unsaturated/α-hetero) is 1. The Morgan fingerprint density at radius 1 is 0.969 bits per heavy atom. The van der Waals surface area contributed by atoms with E-state index in [4.69, 9.17) is 12.6 Å². The van der Waals surface area contributed by atoms with Crippen molar-refractivity contribution in [3.05, 3.63) is 71.8 Å². The monoisotopic (exact) mass is 451 g/mol. The fraction of sp³-hybridized carbons (Fsp3) is 0.444. The fourth-order valence-corrected chi connectivity index (χ4v) is 5.72. The van der Waals surface area contributed by atoms with Crippen LogP contribution in [0.1, 0.15) is 58.1 Å². The molecule has 0 saturated carbocycles. The Morgan fingerprint density at radius 2 is 1.47 bits per heavy atom. The third kappa shape index (κ3) is 3.82. The van der Waals surface area contributed by atoms with E-state index in [0.29, 0.717) is 32.4 Å². The second-order valence-electron chi connectivity index (χ2n) is 9.53. The molecule has 0 radical (unpaired) electrons. The van der Waals surface area contributed by atoms with Gasteiger partial charge in [0.1, 0.15) is 6.04 Å². The molecule has 1 aliphatic rings. The molecule has 0 spiro atoms. The largest absolute Gasteiger partial charge is 0.736 e. The molecule has 0 N–H and O–H groups in total. The maximum atomic E-state index is 14.0. The normalized spacial score (nSPS) is 22.4. The summed E-state index contributed by atoms with van der Waals surface area (Å²) in [6, 6.07) is 18.9. The quantitative estimate of drug-likeness (QED) is 0.335. The summed E-state index contributed by atoms with van der Waals surface area (Å²) < 4.78 is -0.190. The average molecular weight is 452 g/mol. The Morgan fingerprint density at radius 3 is 1.88 bits per heavy atom. The van der Waals surface area contributed by atoms with Gasteiger partial charge in [0.25, 0.3) is 5.78 Å². The van der Waals surface area contributed by atoms with Crippen LogP contribution in [0.5, 0.6) is 0 Å². The van der Waals surface area contributed by atoms with E-state index in [1.165, 1.54) is 0 Å². The summed E-state index contributed by atoms with van der Waals surface area (Å²) in [5.41, 5.74) is 0.375. The fourth-order valence-electron chi connectivity index (χ4n) is 5.32. The third-order valence-electron chi connectivity index (χ3n) is 7.39. The number of likely N-dealkylation sites (tertiary alicyclic amines) is 1. The van der Waals surface area contributed by atoms with Crippen molar-refractivity contribution in [2.75, 3.05) is 13.1 Å². The Kier molecular flexibility index (Phi) is 7.01. The van der Waals surface area contributed by atoms with Crippen molar-refractivity contribution in [2.45, 2.75) is 58.4 Å². The molecule has 0 aliphatic carbocycles. The molecular weight excluding hydrogens is 418 g/mol. The van der Waals surface area contributed by atoms with Crippen molar-refractivity contribution in [3.63, 3.8) is 0 Å². The molecule has 1 unspecified atom stereocenters. The highest BCUT2D eigenvalue weighted by Gasteiger charge is 2.64. The molecule has 5 heteroatoms. The van der Waals surface area contributed by atoms with E-state index < -0.39 is 33.7 Å². The molecule has 3 rings (SSSR count). The van der Waals surface area contributed by atoms with E-state index in [9.17, 15) is 14.4 Å². The summed E-state index contributed by atoms with van der Waals surface area (Å²) in [5, 5.41) is -0.459. The van der Waals surface area contributed by atoms with Crippen molar-refractivity contribution in [2.24, 2.45) is 5.41 Å². The van der Waals surface area contributed by atoms with Gasteiger partial charge in [0.05, 0.1) is 23.6 Å². The number of quaternary nitrogens is 1. The molecular formula is C27H33NO3S. The lowest BCUT2D eigenvalue weighted by Crippen LogP contribution is -2.66. The van der Waals surface area contributed by atoms with Gasteiger partial charge in [0.2, 0.25) is 0 Å². The van der Waals surface area contributed by atoms with Gasteiger partial charge in [-0.1, -0.05) is 88.4 Å². The zero-order valence-electron chi connectivity index (χ0n) is 19.5. The first-order valence-electron chi connectivity index (χ1n) is 11.5. The first kappa shape index (κ1) is 24.3. The highest BCUT2D eigenvalue weighted by Crippen LogP contribution is 2.50. The van der Waals surface area contributed by atoms with Gasteiger partial charge in [0.15, 0.2) is 0 Å². The van der Waals surface area contributed by atoms with Crippen LogP contribution in [-0.4, -0.2) is 40.4 Å². The van der Waals surface area contributed by atoms with E-state index in [1.54, 1.807) is 13.8 Å². The number of benzene rings is 2. The lowest BCUT2D eigenvalue weighted by Gasteiger charge is -2.44. The highest BCUT2D eigenvalue weighted by atomic mass is 32.1. The summed E-state index contributed by atoms with van der Waals surface area (Å²) >= 11 is 5.36. The number of carbonyl (C=O) groups excluding carboxylic acids is 3. The number of rotatable bonds is 8. The number of nitrogens with zero attached hydrogens (tertiary/aromatic N) is 1. The lowest BCUT2D eigenvalue weighted by atomic mass is 9.69.